The maximum atomic E-state index is 12.3. The zero-order chi connectivity index (χ0) is 11.4. The second-order valence-electron chi connectivity index (χ2n) is 4.56. The summed E-state index contributed by atoms with van der Waals surface area (Å²) < 4.78 is 0. The molecule has 1 saturated carbocycles. The molecule has 1 saturated heterocycles. The van der Waals surface area contributed by atoms with E-state index in [2.05, 4.69) is 6.07 Å². The van der Waals surface area contributed by atoms with Crippen LogP contribution in [0.4, 0.5) is 0 Å². The molecule has 88 valence electrons. The molecule has 0 bridgehead atoms. The molecule has 0 radical (unpaired) electrons. The SMILES string of the molecule is N#CCN(C(=O)C1CCCS1)C1CCCC1. The molecule has 1 atom stereocenters. The van der Waals surface area contributed by atoms with Gasteiger partial charge >= 0.3 is 0 Å². The zero-order valence-electron chi connectivity index (χ0n) is 9.52. The van der Waals surface area contributed by atoms with Gasteiger partial charge < -0.3 is 4.90 Å². The molecule has 3 nitrogen and oxygen atoms in total. The van der Waals surface area contributed by atoms with Gasteiger partial charge in [-0.15, -0.1) is 11.8 Å². The van der Waals surface area contributed by atoms with Crippen molar-refractivity contribution in [3.05, 3.63) is 0 Å². The highest BCUT2D eigenvalue weighted by atomic mass is 32.2. The fourth-order valence-corrected chi connectivity index (χ4v) is 3.87. The molecule has 0 spiro atoms. The van der Waals surface area contributed by atoms with Crippen LogP contribution in [0.15, 0.2) is 0 Å². The highest BCUT2D eigenvalue weighted by Crippen LogP contribution is 2.31. The van der Waals surface area contributed by atoms with Gasteiger partial charge in [0.2, 0.25) is 5.91 Å². The average molecular weight is 238 g/mol. The summed E-state index contributed by atoms with van der Waals surface area (Å²) in [7, 11) is 0. The molecule has 4 heteroatoms. The Morgan fingerprint density at radius 3 is 2.62 bits per heavy atom. The van der Waals surface area contributed by atoms with Crippen molar-refractivity contribution < 1.29 is 4.79 Å². The fourth-order valence-electron chi connectivity index (χ4n) is 2.64. The molecular weight excluding hydrogens is 220 g/mol. The summed E-state index contributed by atoms with van der Waals surface area (Å²) in [6, 6.07) is 2.49. The summed E-state index contributed by atoms with van der Waals surface area (Å²) in [6.07, 6.45) is 6.73. The van der Waals surface area contributed by atoms with Crippen LogP contribution in [-0.2, 0) is 4.79 Å². The molecule has 0 aromatic heterocycles. The number of hydrogen-bond donors (Lipinski definition) is 0. The number of carbonyl (C=O) groups is 1. The van der Waals surface area contributed by atoms with Crippen LogP contribution in [0.1, 0.15) is 38.5 Å². The van der Waals surface area contributed by atoms with Gasteiger partial charge in [0.1, 0.15) is 6.54 Å². The maximum Gasteiger partial charge on any atom is 0.236 e. The largest absolute Gasteiger partial charge is 0.325 e. The van der Waals surface area contributed by atoms with E-state index in [0.717, 1.165) is 31.4 Å². The smallest absolute Gasteiger partial charge is 0.236 e. The summed E-state index contributed by atoms with van der Waals surface area (Å²) in [4.78, 5) is 14.1. The summed E-state index contributed by atoms with van der Waals surface area (Å²) >= 11 is 1.76. The standard InChI is InChI=1S/C12H18N2OS/c13-7-8-14(10-4-1-2-5-10)12(15)11-6-3-9-16-11/h10-11H,1-6,8-9H2. The van der Waals surface area contributed by atoms with Gasteiger partial charge in [-0.3, -0.25) is 4.79 Å². The number of carbonyl (C=O) groups excluding carboxylic acids is 1. The van der Waals surface area contributed by atoms with Crippen molar-refractivity contribution in [3.8, 4) is 6.07 Å². The molecule has 0 N–H and O–H groups in total. The first-order valence-electron chi connectivity index (χ1n) is 6.12. The van der Waals surface area contributed by atoms with Crippen LogP contribution in [0, 0.1) is 11.3 Å². The zero-order valence-corrected chi connectivity index (χ0v) is 10.3. The predicted octanol–water partition coefficient (Wildman–Crippen LogP) is 2.18. The normalized spacial score (nSPS) is 25.6. The van der Waals surface area contributed by atoms with Crippen LogP contribution >= 0.6 is 11.8 Å². The quantitative estimate of drug-likeness (QED) is 0.708. The molecule has 2 rings (SSSR count). The first kappa shape index (κ1) is 11.8. The molecular formula is C12H18N2OS. The summed E-state index contributed by atoms with van der Waals surface area (Å²) in [6.45, 7) is 0.278. The lowest BCUT2D eigenvalue weighted by Gasteiger charge is -2.28. The van der Waals surface area contributed by atoms with Crippen molar-refractivity contribution in [2.75, 3.05) is 12.3 Å². The summed E-state index contributed by atoms with van der Waals surface area (Å²) in [5.41, 5.74) is 0. The van der Waals surface area contributed by atoms with Gasteiger partial charge in [0.25, 0.3) is 0 Å². The number of nitrogens with zero attached hydrogens (tertiary/aromatic N) is 2. The van der Waals surface area contributed by atoms with Crippen molar-refractivity contribution in [2.45, 2.75) is 49.8 Å². The van der Waals surface area contributed by atoms with E-state index in [9.17, 15) is 4.79 Å². The van der Waals surface area contributed by atoms with E-state index < -0.39 is 0 Å². The lowest BCUT2D eigenvalue weighted by molar-refractivity contribution is -0.132. The lowest BCUT2D eigenvalue weighted by atomic mass is 10.1. The fraction of sp³-hybridized carbons (Fsp3) is 0.833. The Labute approximate surface area is 101 Å². The van der Waals surface area contributed by atoms with Gasteiger partial charge in [-0.2, -0.15) is 5.26 Å². The Balaban J connectivity index is 1.99. The van der Waals surface area contributed by atoms with Gasteiger partial charge in [-0.05, 0) is 31.4 Å². The van der Waals surface area contributed by atoms with Crippen LogP contribution in [0.5, 0.6) is 0 Å². The molecule has 16 heavy (non-hydrogen) atoms. The second kappa shape index (κ2) is 5.58. The van der Waals surface area contributed by atoms with Crippen LogP contribution in [0.25, 0.3) is 0 Å². The summed E-state index contributed by atoms with van der Waals surface area (Å²) in [5.74, 6) is 1.32. The molecule has 1 amide bonds. The molecule has 0 aromatic rings. The topological polar surface area (TPSA) is 44.1 Å². The lowest BCUT2D eigenvalue weighted by Crippen LogP contribution is -2.43. The first-order valence-corrected chi connectivity index (χ1v) is 7.17. The average Bonchev–Trinajstić information content (AvgIpc) is 2.96. The van der Waals surface area contributed by atoms with Crippen LogP contribution in [0.2, 0.25) is 0 Å². The second-order valence-corrected chi connectivity index (χ2v) is 5.87. The third kappa shape index (κ3) is 2.52. The van der Waals surface area contributed by atoms with Crippen molar-refractivity contribution in [1.29, 1.82) is 5.26 Å². The van der Waals surface area contributed by atoms with Crippen LogP contribution in [-0.4, -0.2) is 34.4 Å². The highest BCUT2D eigenvalue weighted by Gasteiger charge is 2.32. The van der Waals surface area contributed by atoms with E-state index in [-0.39, 0.29) is 17.7 Å². The third-order valence-electron chi connectivity index (χ3n) is 3.49. The van der Waals surface area contributed by atoms with E-state index in [1.165, 1.54) is 12.8 Å². The molecule has 2 fully saturated rings. The predicted molar refractivity (Wildman–Crippen MR) is 65.1 cm³/mol. The summed E-state index contributed by atoms with van der Waals surface area (Å²) in [5, 5.41) is 8.97. The number of rotatable bonds is 3. The minimum atomic E-state index is 0.133. The monoisotopic (exact) mass is 238 g/mol. The molecule has 0 aromatic carbocycles. The Morgan fingerprint density at radius 1 is 1.31 bits per heavy atom. The van der Waals surface area contributed by atoms with E-state index in [1.54, 1.807) is 11.8 Å². The maximum absolute atomic E-state index is 12.3. The molecule has 1 aliphatic heterocycles. The first-order chi connectivity index (χ1) is 7.83. The van der Waals surface area contributed by atoms with Gasteiger partial charge in [0, 0.05) is 6.04 Å². The molecule has 2 aliphatic rings. The van der Waals surface area contributed by atoms with Crippen LogP contribution in [0.3, 0.4) is 0 Å². The molecule has 1 unspecified atom stereocenters. The third-order valence-corrected chi connectivity index (χ3v) is 4.86. The number of hydrogen-bond acceptors (Lipinski definition) is 3. The Morgan fingerprint density at radius 2 is 2.06 bits per heavy atom. The van der Waals surface area contributed by atoms with Crippen LogP contribution < -0.4 is 0 Å². The van der Waals surface area contributed by atoms with Gasteiger partial charge in [0.05, 0.1) is 11.3 Å². The van der Waals surface area contributed by atoms with Gasteiger partial charge in [-0.25, -0.2) is 0 Å². The Kier molecular flexibility index (Phi) is 4.11. The minimum absolute atomic E-state index is 0.133. The Hall–Kier alpha value is -0.690. The van der Waals surface area contributed by atoms with Crippen molar-refractivity contribution in [2.24, 2.45) is 0 Å². The molecule has 1 heterocycles. The van der Waals surface area contributed by atoms with E-state index in [1.807, 2.05) is 4.90 Å². The van der Waals surface area contributed by atoms with Crippen molar-refractivity contribution in [1.82, 2.24) is 4.90 Å². The van der Waals surface area contributed by atoms with Crippen molar-refractivity contribution >= 4 is 17.7 Å². The van der Waals surface area contributed by atoms with Gasteiger partial charge in [-0.1, -0.05) is 12.8 Å². The van der Waals surface area contributed by atoms with Gasteiger partial charge in [0.15, 0.2) is 0 Å². The molecule has 1 aliphatic carbocycles. The van der Waals surface area contributed by atoms with Crippen molar-refractivity contribution in [3.63, 3.8) is 0 Å². The number of amides is 1. The minimum Gasteiger partial charge on any atom is -0.325 e. The highest BCUT2D eigenvalue weighted by molar-refractivity contribution is 8.00. The number of nitriles is 1. The van der Waals surface area contributed by atoms with E-state index in [4.69, 9.17) is 5.26 Å². The number of thioether (sulfide) groups is 1. The van der Waals surface area contributed by atoms with E-state index >= 15 is 0 Å². The Bertz CT molecular complexity index is 288. The van der Waals surface area contributed by atoms with E-state index in [0.29, 0.717) is 6.04 Å².